The lowest BCUT2D eigenvalue weighted by Gasteiger charge is -2.27. The molecule has 0 heterocycles. The van der Waals surface area contributed by atoms with Crippen LogP contribution in [0.25, 0.3) is 73.1 Å². The number of nitrogens with one attached hydrogen (secondary N) is 4. The Kier molecular flexibility index (Phi) is 48.6. The SMILES string of the molecule is CC(C)(C)OC(=O)N(CCN=[N+]=[N-])Cc1ccc(CCCCN=[N+]=[N-])cc1.CCCN=[N+]=[N-].CCCOS(C)(=O)=O.[N-]=[N+]=NCCNCc1ccc(CNCCN=[N+]=[N-])cc1.[N-]=[N+]=NCCNCc1ccc(CNCCN=[N+]=[N-])cc1. The molecule has 3 rings (SSSR count). The van der Waals surface area contributed by atoms with Crippen LogP contribution in [0.4, 0.5) is 4.79 Å². The Morgan fingerprint density at radius 1 is 0.494 bits per heavy atom. The summed E-state index contributed by atoms with van der Waals surface area (Å²) in [5.41, 5.74) is 63.2. The van der Waals surface area contributed by atoms with Gasteiger partial charge in [-0.15, -0.1) is 0 Å². The number of azide groups is 7. The molecule has 3 aromatic rings. The van der Waals surface area contributed by atoms with Gasteiger partial charge in [-0.25, -0.2) is 4.79 Å². The molecule has 0 spiro atoms. The maximum Gasteiger partial charge on any atom is 0.410 e. The van der Waals surface area contributed by atoms with Gasteiger partial charge in [0.2, 0.25) is 0 Å². The molecule has 0 fully saturated rings. The molecule has 0 aliphatic rings. The Bertz CT molecular complexity index is 2420. The van der Waals surface area contributed by atoms with Crippen LogP contribution in [-0.2, 0) is 58.2 Å². The second kappa shape index (κ2) is 52.5. The number of aryl methyl sites for hydroxylation is 1. The first-order chi connectivity index (χ1) is 39.1. The van der Waals surface area contributed by atoms with Gasteiger partial charge in [-0.3, -0.25) is 4.18 Å². The van der Waals surface area contributed by atoms with Gasteiger partial charge in [-0.05, 0) is 119 Å². The zero-order chi connectivity index (χ0) is 60.5. The first-order valence-electron chi connectivity index (χ1n) is 26.0. The molecule has 442 valence electrons. The van der Waals surface area contributed by atoms with E-state index < -0.39 is 21.8 Å². The van der Waals surface area contributed by atoms with Crippen molar-refractivity contribution in [1.29, 1.82) is 0 Å². The monoisotopic (exact) mass is 1140 g/mol. The van der Waals surface area contributed by atoms with Gasteiger partial charge < -0.3 is 30.9 Å². The second-order valence-corrected chi connectivity index (χ2v) is 19.4. The van der Waals surface area contributed by atoms with Crippen LogP contribution in [0.15, 0.2) is 109 Å². The third-order valence-corrected chi connectivity index (χ3v) is 10.3. The predicted molar refractivity (Wildman–Crippen MR) is 315 cm³/mol. The summed E-state index contributed by atoms with van der Waals surface area (Å²) in [5.74, 6) is 0. The van der Waals surface area contributed by atoms with Crippen molar-refractivity contribution in [3.8, 4) is 0 Å². The van der Waals surface area contributed by atoms with Crippen LogP contribution in [0.3, 0.4) is 0 Å². The number of nitrogens with zero attached hydrogens (tertiary/aromatic N) is 22. The number of hydrogen-bond acceptors (Lipinski definition) is 16. The van der Waals surface area contributed by atoms with Gasteiger partial charge in [-0.1, -0.05) is 129 Å². The van der Waals surface area contributed by atoms with Crippen molar-refractivity contribution < 1.29 is 22.1 Å². The highest BCUT2D eigenvalue weighted by atomic mass is 32.2. The highest BCUT2D eigenvalue weighted by molar-refractivity contribution is 7.85. The van der Waals surface area contributed by atoms with E-state index in [1.54, 1.807) is 0 Å². The van der Waals surface area contributed by atoms with Crippen LogP contribution in [0.2, 0.25) is 0 Å². The molecule has 0 unspecified atom stereocenters. The van der Waals surface area contributed by atoms with Crippen molar-refractivity contribution in [3.05, 3.63) is 179 Å². The standard InChI is InChI=1S/C18H27N7O2.2C12H18N8.C4H10O3S.C3H7N3/c1-18(2,3)27-17(26)25(13-12-22-24-20)14-16-9-7-15(8-10-16)6-4-5-11-21-23-19;2*13-19-17-7-5-15-9-11-1-2-12(4-3-11)10-16-6-8-18-20-14;1-3-4-7-8(2,5)6;1-2-3-5-6-4/h7-10H,4-6,11-14H2,1-3H3;2*1-4,15-16H,5-10H2;3-4H2,1-2H3;2-3H2,1H3. The number of carbonyl (C=O) groups excluding carboxylic acids is 1. The number of unbranched alkanes of at least 4 members (excludes halogenated alkanes) is 1. The summed E-state index contributed by atoms with van der Waals surface area (Å²) < 4.78 is 30.1. The van der Waals surface area contributed by atoms with Crippen LogP contribution in [0.5, 0.6) is 0 Å². The van der Waals surface area contributed by atoms with Gasteiger partial charge in [0.25, 0.3) is 10.1 Å². The molecule has 0 bridgehead atoms. The molecule has 81 heavy (non-hydrogen) atoms. The molecule has 1 amide bonds. The Morgan fingerprint density at radius 3 is 1.14 bits per heavy atom. The quantitative estimate of drug-likeness (QED) is 0.0143. The number of amides is 1. The molecule has 0 saturated heterocycles. The van der Waals surface area contributed by atoms with Crippen molar-refractivity contribution in [3.63, 3.8) is 0 Å². The molecule has 3 aromatic carbocycles. The van der Waals surface area contributed by atoms with E-state index in [0.29, 0.717) is 85.1 Å². The number of hydrogen-bond donors (Lipinski definition) is 4. The number of benzene rings is 3. The van der Waals surface area contributed by atoms with Gasteiger partial charge >= 0.3 is 6.09 Å². The summed E-state index contributed by atoms with van der Waals surface area (Å²) in [6.07, 6.45) is 5.00. The van der Waals surface area contributed by atoms with E-state index in [2.05, 4.69) is 144 Å². The van der Waals surface area contributed by atoms with Crippen LogP contribution in [-0.4, -0.2) is 116 Å². The minimum absolute atomic E-state index is 0.193. The summed E-state index contributed by atoms with van der Waals surface area (Å²) in [5, 5.41) is 36.9. The second-order valence-electron chi connectivity index (χ2n) is 17.7. The third-order valence-electron chi connectivity index (χ3n) is 9.68. The van der Waals surface area contributed by atoms with Crippen LogP contribution in [0.1, 0.15) is 93.7 Å². The summed E-state index contributed by atoms with van der Waals surface area (Å²) in [7, 11) is -3.19. The van der Waals surface area contributed by atoms with E-state index in [1.165, 1.54) is 32.7 Å². The number of carbonyl (C=O) groups is 1. The fourth-order valence-corrected chi connectivity index (χ4v) is 6.38. The lowest BCUT2D eigenvalue weighted by atomic mass is 10.1. The zero-order valence-corrected chi connectivity index (χ0v) is 48.3. The summed E-state index contributed by atoms with van der Waals surface area (Å²) in [4.78, 5) is 32.7. The average molecular weight is 1150 g/mol. The molecular weight excluding hydrogens is 1060 g/mol. The molecule has 0 aliphatic carbocycles. The van der Waals surface area contributed by atoms with E-state index in [1.807, 2.05) is 58.9 Å². The van der Waals surface area contributed by atoms with Gasteiger partial charge in [-0.2, -0.15) is 8.42 Å². The fourth-order valence-electron chi connectivity index (χ4n) is 5.91. The van der Waals surface area contributed by atoms with Gasteiger partial charge in [0.05, 0.1) is 12.9 Å². The number of ether oxygens (including phenoxy) is 1. The Balaban J connectivity index is 0. The van der Waals surface area contributed by atoms with Crippen LogP contribution in [0, 0.1) is 0 Å². The molecular formula is C49H80N26O5S. The van der Waals surface area contributed by atoms with E-state index in [9.17, 15) is 13.2 Å². The van der Waals surface area contributed by atoms with E-state index in [0.717, 1.165) is 70.1 Å². The van der Waals surface area contributed by atoms with E-state index >= 15 is 0 Å². The average Bonchev–Trinajstić information content (AvgIpc) is 3.45. The summed E-state index contributed by atoms with van der Waals surface area (Å²) in [6, 6.07) is 24.5. The highest BCUT2D eigenvalue weighted by Gasteiger charge is 2.22. The van der Waals surface area contributed by atoms with Crippen molar-refractivity contribution in [2.24, 2.45) is 35.8 Å². The lowest BCUT2D eigenvalue weighted by Crippen LogP contribution is -2.37. The Morgan fingerprint density at radius 2 is 0.827 bits per heavy atom. The maximum atomic E-state index is 12.4. The normalized spacial score (nSPS) is 9.90. The Labute approximate surface area is 474 Å². The fraction of sp³-hybridized carbons (Fsp3) is 0.612. The molecule has 0 atom stereocenters. The maximum absolute atomic E-state index is 12.4. The summed E-state index contributed by atoms with van der Waals surface area (Å²) in [6.45, 7) is 19.1. The first-order valence-corrected chi connectivity index (χ1v) is 27.8. The predicted octanol–water partition coefficient (Wildman–Crippen LogP) is 12.4. The molecule has 0 radical (unpaired) electrons. The lowest BCUT2D eigenvalue weighted by molar-refractivity contribution is 0.0239. The van der Waals surface area contributed by atoms with Crippen LogP contribution >= 0.6 is 0 Å². The minimum Gasteiger partial charge on any atom is -0.444 e. The molecule has 32 heteroatoms. The van der Waals surface area contributed by atoms with E-state index in [4.69, 9.17) is 43.5 Å². The highest BCUT2D eigenvalue weighted by Crippen LogP contribution is 2.15. The largest absolute Gasteiger partial charge is 0.444 e. The van der Waals surface area contributed by atoms with Crippen LogP contribution < -0.4 is 21.3 Å². The smallest absolute Gasteiger partial charge is 0.410 e. The van der Waals surface area contributed by atoms with Crippen molar-refractivity contribution in [1.82, 2.24) is 26.2 Å². The Hall–Kier alpha value is -8.15. The van der Waals surface area contributed by atoms with Crippen molar-refractivity contribution in [2.75, 3.05) is 91.4 Å². The van der Waals surface area contributed by atoms with Gasteiger partial charge in [0.1, 0.15) is 5.60 Å². The van der Waals surface area contributed by atoms with Gasteiger partial charge in [0.15, 0.2) is 0 Å². The minimum atomic E-state index is -3.19. The molecule has 31 nitrogen and oxygen atoms in total. The van der Waals surface area contributed by atoms with Crippen molar-refractivity contribution in [2.45, 2.75) is 105 Å². The van der Waals surface area contributed by atoms with E-state index in [-0.39, 0.29) is 6.54 Å². The molecule has 0 aromatic heterocycles. The molecule has 4 N–H and O–H groups in total. The number of rotatable bonds is 35. The molecule has 0 aliphatic heterocycles. The molecule has 0 saturated carbocycles. The topological polar surface area (TPSA) is 462 Å². The van der Waals surface area contributed by atoms with Crippen molar-refractivity contribution >= 4 is 16.2 Å². The van der Waals surface area contributed by atoms with Gasteiger partial charge in [0, 0.05) is 146 Å². The summed E-state index contributed by atoms with van der Waals surface area (Å²) >= 11 is 0. The zero-order valence-electron chi connectivity index (χ0n) is 47.5. The third kappa shape index (κ3) is 51.1. The first kappa shape index (κ1) is 74.9.